The Kier molecular flexibility index (Phi) is 4.10. The van der Waals surface area contributed by atoms with E-state index in [1.165, 1.54) is 18.6 Å². The lowest BCUT2D eigenvalue weighted by Crippen LogP contribution is -2.53. The van der Waals surface area contributed by atoms with Crippen molar-refractivity contribution in [2.45, 2.75) is 18.7 Å². The molecule has 0 saturated carbocycles. The molecule has 0 N–H and O–H groups in total. The van der Waals surface area contributed by atoms with Crippen molar-refractivity contribution in [2.75, 3.05) is 19.7 Å². The van der Waals surface area contributed by atoms with E-state index in [1.54, 1.807) is 16.0 Å². The second kappa shape index (κ2) is 6.56. The number of likely N-dealkylation sites (tertiary alicyclic amines) is 1. The van der Waals surface area contributed by atoms with Crippen molar-refractivity contribution in [3.63, 3.8) is 0 Å². The van der Waals surface area contributed by atoms with E-state index in [0.29, 0.717) is 25.3 Å². The van der Waals surface area contributed by atoms with E-state index in [4.69, 9.17) is 4.74 Å². The third-order valence-corrected chi connectivity index (χ3v) is 4.51. The molecule has 25 heavy (non-hydrogen) atoms. The molecular weight excluding hydrogens is 322 g/mol. The van der Waals surface area contributed by atoms with E-state index in [9.17, 15) is 9.59 Å². The molecule has 2 aliphatic rings. The highest BCUT2D eigenvalue weighted by molar-refractivity contribution is 5.92. The maximum Gasteiger partial charge on any atom is 0.274 e. The quantitative estimate of drug-likeness (QED) is 0.789. The van der Waals surface area contributed by atoms with Crippen molar-refractivity contribution in [1.29, 1.82) is 0 Å². The molecule has 0 unspecified atom stereocenters. The Bertz CT molecular complexity index is 770. The summed E-state index contributed by atoms with van der Waals surface area (Å²) in [5.41, 5.74) is 1.11. The number of ether oxygens (including phenoxy) is 1. The van der Waals surface area contributed by atoms with Crippen molar-refractivity contribution in [3.8, 4) is 0 Å². The van der Waals surface area contributed by atoms with Gasteiger partial charge in [-0.05, 0) is 12.1 Å². The van der Waals surface area contributed by atoms with Gasteiger partial charge in [-0.2, -0.15) is 0 Å². The molecule has 2 aromatic heterocycles. The van der Waals surface area contributed by atoms with Crippen LogP contribution in [-0.4, -0.2) is 68.4 Å². The Morgan fingerprint density at radius 3 is 2.88 bits per heavy atom. The number of rotatable bonds is 3. The number of pyridine rings is 1. The molecule has 8 heteroatoms. The van der Waals surface area contributed by atoms with Gasteiger partial charge in [0.25, 0.3) is 5.91 Å². The van der Waals surface area contributed by atoms with Crippen LogP contribution in [0.5, 0.6) is 0 Å². The van der Waals surface area contributed by atoms with Gasteiger partial charge in [-0.3, -0.25) is 19.6 Å². The van der Waals surface area contributed by atoms with Crippen LogP contribution >= 0.6 is 0 Å². The first kappa shape index (κ1) is 15.6. The fourth-order valence-corrected chi connectivity index (χ4v) is 3.27. The SMILES string of the molecule is O=C(c1cnccn1)N1C[C@@H]2OCC(=O)N(Cc3ccccn3)[C@@H]2C1. The summed E-state index contributed by atoms with van der Waals surface area (Å²) < 4.78 is 5.66. The number of morpholine rings is 1. The Labute approximate surface area is 144 Å². The highest BCUT2D eigenvalue weighted by Gasteiger charge is 2.44. The van der Waals surface area contributed by atoms with Gasteiger partial charge in [-0.1, -0.05) is 6.07 Å². The van der Waals surface area contributed by atoms with Gasteiger partial charge in [-0.15, -0.1) is 0 Å². The molecule has 2 aromatic rings. The number of carbonyl (C=O) groups is 2. The Hall–Kier alpha value is -2.87. The molecule has 128 valence electrons. The van der Waals surface area contributed by atoms with Crippen LogP contribution in [0.15, 0.2) is 43.0 Å². The molecule has 0 radical (unpaired) electrons. The smallest absolute Gasteiger partial charge is 0.274 e. The van der Waals surface area contributed by atoms with E-state index in [-0.39, 0.29) is 30.6 Å². The highest BCUT2D eigenvalue weighted by Crippen LogP contribution is 2.25. The van der Waals surface area contributed by atoms with E-state index >= 15 is 0 Å². The first-order valence-electron chi connectivity index (χ1n) is 8.08. The van der Waals surface area contributed by atoms with Crippen LogP contribution in [-0.2, 0) is 16.1 Å². The summed E-state index contributed by atoms with van der Waals surface area (Å²) in [5, 5.41) is 0. The molecule has 2 saturated heterocycles. The van der Waals surface area contributed by atoms with Crippen LogP contribution in [0.3, 0.4) is 0 Å². The summed E-state index contributed by atoms with van der Waals surface area (Å²) in [7, 11) is 0. The van der Waals surface area contributed by atoms with E-state index in [1.807, 2.05) is 18.2 Å². The average Bonchev–Trinajstić information content (AvgIpc) is 3.10. The van der Waals surface area contributed by atoms with Crippen LogP contribution in [0, 0.1) is 0 Å². The first-order valence-corrected chi connectivity index (χ1v) is 8.08. The maximum atomic E-state index is 12.6. The van der Waals surface area contributed by atoms with E-state index in [0.717, 1.165) is 5.69 Å². The number of hydrogen-bond acceptors (Lipinski definition) is 6. The van der Waals surface area contributed by atoms with Gasteiger partial charge in [0.05, 0.1) is 30.6 Å². The predicted molar refractivity (Wildman–Crippen MR) is 86.3 cm³/mol. The summed E-state index contributed by atoms with van der Waals surface area (Å²) >= 11 is 0. The number of carbonyl (C=O) groups excluding carboxylic acids is 2. The van der Waals surface area contributed by atoms with Gasteiger partial charge in [-0.25, -0.2) is 4.98 Å². The van der Waals surface area contributed by atoms with Crippen molar-refractivity contribution in [1.82, 2.24) is 24.8 Å². The van der Waals surface area contributed by atoms with Gasteiger partial charge in [0.1, 0.15) is 12.3 Å². The molecule has 0 aromatic carbocycles. The molecule has 4 rings (SSSR count). The number of aromatic nitrogens is 3. The van der Waals surface area contributed by atoms with Crippen LogP contribution in [0.25, 0.3) is 0 Å². The molecular formula is C17H17N5O3. The molecule has 2 fully saturated rings. The third-order valence-electron chi connectivity index (χ3n) is 4.51. The lowest BCUT2D eigenvalue weighted by Gasteiger charge is -2.36. The number of fused-ring (bicyclic) bond motifs is 1. The normalized spacial score (nSPS) is 22.8. The van der Waals surface area contributed by atoms with Gasteiger partial charge >= 0.3 is 0 Å². The van der Waals surface area contributed by atoms with Crippen LogP contribution in [0.4, 0.5) is 0 Å². The Balaban J connectivity index is 1.52. The van der Waals surface area contributed by atoms with Gasteiger partial charge in [0, 0.05) is 31.7 Å². The standard InChI is InChI=1S/C17H17N5O3/c23-16-11-25-15-10-21(17(24)13-7-18-5-6-20-13)9-14(15)22(16)8-12-3-1-2-4-19-12/h1-7,14-15H,8-11H2/t14-,15+/m1/s1. The fourth-order valence-electron chi connectivity index (χ4n) is 3.27. The van der Waals surface area contributed by atoms with Crippen LogP contribution in [0.2, 0.25) is 0 Å². The zero-order valence-electron chi connectivity index (χ0n) is 13.5. The molecule has 4 heterocycles. The molecule has 0 spiro atoms. The fraction of sp³-hybridized carbons (Fsp3) is 0.353. The first-order chi connectivity index (χ1) is 12.2. The van der Waals surface area contributed by atoms with Gasteiger partial charge < -0.3 is 14.5 Å². The van der Waals surface area contributed by atoms with Crippen molar-refractivity contribution >= 4 is 11.8 Å². The van der Waals surface area contributed by atoms with E-state index < -0.39 is 0 Å². The summed E-state index contributed by atoms with van der Waals surface area (Å²) in [5.74, 6) is -0.281. The van der Waals surface area contributed by atoms with Crippen molar-refractivity contribution in [2.24, 2.45) is 0 Å². The minimum Gasteiger partial charge on any atom is -0.364 e. The zero-order valence-corrected chi connectivity index (χ0v) is 13.5. The molecule has 0 aliphatic carbocycles. The largest absolute Gasteiger partial charge is 0.364 e. The molecule has 2 amide bonds. The number of hydrogen-bond donors (Lipinski definition) is 0. The summed E-state index contributed by atoms with van der Waals surface area (Å²) in [6.45, 7) is 1.29. The lowest BCUT2D eigenvalue weighted by molar-refractivity contribution is -0.154. The van der Waals surface area contributed by atoms with Crippen molar-refractivity contribution < 1.29 is 14.3 Å². The lowest BCUT2D eigenvalue weighted by atomic mass is 10.1. The summed E-state index contributed by atoms with van der Waals surface area (Å²) in [4.78, 5) is 40.6. The monoisotopic (exact) mass is 339 g/mol. The maximum absolute atomic E-state index is 12.6. The Morgan fingerprint density at radius 1 is 1.20 bits per heavy atom. The second-order valence-electron chi connectivity index (χ2n) is 6.06. The summed E-state index contributed by atoms with van der Waals surface area (Å²) in [6.07, 6.45) is 5.97. The van der Waals surface area contributed by atoms with E-state index in [2.05, 4.69) is 15.0 Å². The minimum atomic E-state index is -0.198. The Morgan fingerprint density at radius 2 is 2.12 bits per heavy atom. The minimum absolute atomic E-state index is 0.0289. The van der Waals surface area contributed by atoms with Crippen LogP contribution in [0.1, 0.15) is 16.2 Å². The average molecular weight is 339 g/mol. The topological polar surface area (TPSA) is 88.5 Å². The summed E-state index contributed by atoms with van der Waals surface area (Å²) in [6, 6.07) is 5.44. The zero-order chi connectivity index (χ0) is 17.2. The van der Waals surface area contributed by atoms with Crippen molar-refractivity contribution in [3.05, 3.63) is 54.4 Å². The molecule has 2 atom stereocenters. The highest BCUT2D eigenvalue weighted by atomic mass is 16.5. The molecule has 2 aliphatic heterocycles. The molecule has 0 bridgehead atoms. The van der Waals surface area contributed by atoms with Gasteiger partial charge in [0.15, 0.2) is 0 Å². The second-order valence-corrected chi connectivity index (χ2v) is 6.06. The number of nitrogens with zero attached hydrogens (tertiary/aromatic N) is 5. The molecule has 8 nitrogen and oxygen atoms in total. The predicted octanol–water partition coefficient (Wildman–Crippen LogP) is 0.124. The third kappa shape index (κ3) is 3.08. The van der Waals surface area contributed by atoms with Crippen LogP contribution < -0.4 is 0 Å². The number of amides is 2. The van der Waals surface area contributed by atoms with Gasteiger partial charge in [0.2, 0.25) is 5.91 Å².